The zero-order valence-electron chi connectivity index (χ0n) is 26.0. The Bertz CT molecular complexity index is 2990. The van der Waals surface area contributed by atoms with Gasteiger partial charge in [-0.1, -0.05) is 111 Å². The molecule has 220 valence electrons. The minimum Gasteiger partial charge on any atom is -0.278 e. The molecular weight excluding hydrogens is 573 g/mol. The van der Waals surface area contributed by atoms with Crippen molar-refractivity contribution < 1.29 is 0 Å². The van der Waals surface area contributed by atoms with Gasteiger partial charge in [-0.15, -0.1) is 0 Å². The lowest BCUT2D eigenvalue weighted by molar-refractivity contribution is 0.661. The Morgan fingerprint density at radius 3 is 2.11 bits per heavy atom. The molecule has 11 rings (SSSR count). The molecule has 1 aliphatic rings. The van der Waals surface area contributed by atoms with Gasteiger partial charge in [-0.2, -0.15) is 0 Å². The topological polar surface area (TPSA) is 35.1 Å². The minimum atomic E-state index is -0.131. The van der Waals surface area contributed by atoms with Gasteiger partial charge in [0.25, 0.3) is 0 Å². The highest BCUT2D eigenvalue weighted by molar-refractivity contribution is 6.23. The molecule has 7 aromatic carbocycles. The van der Waals surface area contributed by atoms with E-state index in [2.05, 4.69) is 156 Å². The van der Waals surface area contributed by atoms with Crippen LogP contribution in [-0.4, -0.2) is 18.9 Å². The summed E-state index contributed by atoms with van der Waals surface area (Å²) < 4.78 is 4.69. The Balaban J connectivity index is 1.40. The second-order valence-corrected chi connectivity index (χ2v) is 13.5. The number of rotatable bonds is 1. The Hall–Kier alpha value is -6.00. The number of nitrogens with zero attached hydrogens (tertiary/aromatic N) is 4. The molecule has 0 unspecified atom stereocenters. The van der Waals surface area contributed by atoms with Gasteiger partial charge in [-0.3, -0.25) is 8.97 Å². The van der Waals surface area contributed by atoms with Crippen LogP contribution in [0, 0.1) is 0 Å². The number of imidazole rings is 1. The van der Waals surface area contributed by atoms with Crippen LogP contribution in [0.3, 0.4) is 0 Å². The standard InChI is InChI=1S/C43H28N4/c1-43(2)34-15-7-5-13-28(34)32-23-33-30-22-21-27-26-12-4-3-11-25(26)19-20-29(27)40(30)46(39(33)24-35(32)43)42-45-36-16-8-6-14-31(36)41-44-37-17-9-10-18-38(37)47(41)42/h3-24H,1-2H3. The SMILES string of the molecule is CC1(C)c2ccccc2-c2cc3c4ccc5c6ccccc6ccc5c4n(-c4nc5ccccc5c5nc6ccccc6n45)c3cc21. The third-order valence-electron chi connectivity index (χ3n) is 10.7. The van der Waals surface area contributed by atoms with Crippen molar-refractivity contribution in [2.45, 2.75) is 19.3 Å². The Labute approximate surface area is 270 Å². The van der Waals surface area contributed by atoms with Crippen molar-refractivity contribution in [1.82, 2.24) is 18.9 Å². The van der Waals surface area contributed by atoms with E-state index in [0.717, 1.165) is 39.0 Å². The minimum absolute atomic E-state index is 0.131. The van der Waals surface area contributed by atoms with Gasteiger partial charge >= 0.3 is 0 Å². The molecule has 0 bridgehead atoms. The Kier molecular flexibility index (Phi) is 4.63. The van der Waals surface area contributed by atoms with E-state index in [9.17, 15) is 0 Å². The van der Waals surface area contributed by atoms with Crippen LogP contribution in [0.4, 0.5) is 0 Å². The second kappa shape index (κ2) is 8.62. The third-order valence-corrected chi connectivity index (χ3v) is 10.7. The summed E-state index contributed by atoms with van der Waals surface area (Å²) >= 11 is 0. The molecule has 0 saturated heterocycles. The van der Waals surface area contributed by atoms with Gasteiger partial charge in [0.15, 0.2) is 0 Å². The number of para-hydroxylation sites is 3. The molecular formula is C43H28N4. The first-order chi connectivity index (χ1) is 23.1. The van der Waals surface area contributed by atoms with Gasteiger partial charge in [-0.25, -0.2) is 9.97 Å². The quantitative estimate of drug-likeness (QED) is 0.176. The highest BCUT2D eigenvalue weighted by atomic mass is 15.2. The number of aromatic nitrogens is 4. The first-order valence-corrected chi connectivity index (χ1v) is 16.3. The molecule has 3 heterocycles. The summed E-state index contributed by atoms with van der Waals surface area (Å²) in [5.41, 5.74) is 11.4. The lowest BCUT2D eigenvalue weighted by Gasteiger charge is -2.21. The average Bonchev–Trinajstić information content (AvgIpc) is 3.73. The number of fused-ring (bicyclic) bond motifs is 15. The van der Waals surface area contributed by atoms with Crippen LogP contribution >= 0.6 is 0 Å². The smallest absolute Gasteiger partial charge is 0.221 e. The lowest BCUT2D eigenvalue weighted by atomic mass is 9.82. The zero-order chi connectivity index (χ0) is 31.0. The maximum Gasteiger partial charge on any atom is 0.221 e. The third kappa shape index (κ3) is 3.12. The summed E-state index contributed by atoms with van der Waals surface area (Å²) in [5.74, 6) is 0.848. The molecule has 10 aromatic rings. The van der Waals surface area contributed by atoms with E-state index in [1.807, 2.05) is 0 Å². The number of benzene rings is 7. The summed E-state index contributed by atoms with van der Waals surface area (Å²) in [6.45, 7) is 4.71. The first kappa shape index (κ1) is 25.2. The molecule has 0 amide bonds. The molecule has 4 heteroatoms. The molecule has 4 nitrogen and oxygen atoms in total. The second-order valence-electron chi connectivity index (χ2n) is 13.5. The number of hydrogen-bond acceptors (Lipinski definition) is 2. The molecule has 0 saturated carbocycles. The van der Waals surface area contributed by atoms with Gasteiger partial charge in [0.05, 0.1) is 27.6 Å². The molecule has 0 radical (unpaired) electrons. The van der Waals surface area contributed by atoms with E-state index in [4.69, 9.17) is 9.97 Å². The van der Waals surface area contributed by atoms with Crippen LogP contribution in [-0.2, 0) is 5.41 Å². The molecule has 0 atom stereocenters. The molecule has 0 aliphatic heterocycles. The van der Waals surface area contributed by atoms with Gasteiger partial charge in [-0.05, 0) is 74.8 Å². The normalized spacial score (nSPS) is 13.9. The summed E-state index contributed by atoms with van der Waals surface area (Å²) in [7, 11) is 0. The fourth-order valence-corrected chi connectivity index (χ4v) is 8.47. The first-order valence-electron chi connectivity index (χ1n) is 16.3. The fourth-order valence-electron chi connectivity index (χ4n) is 8.47. The van der Waals surface area contributed by atoms with E-state index in [0.29, 0.717) is 0 Å². The average molecular weight is 601 g/mol. The Morgan fingerprint density at radius 2 is 1.19 bits per heavy atom. The van der Waals surface area contributed by atoms with Crippen molar-refractivity contribution in [2.24, 2.45) is 0 Å². The number of hydrogen-bond donors (Lipinski definition) is 0. The maximum atomic E-state index is 5.49. The zero-order valence-corrected chi connectivity index (χ0v) is 26.0. The lowest BCUT2D eigenvalue weighted by Crippen LogP contribution is -2.15. The van der Waals surface area contributed by atoms with Crippen LogP contribution in [0.1, 0.15) is 25.0 Å². The largest absolute Gasteiger partial charge is 0.278 e. The van der Waals surface area contributed by atoms with E-state index in [1.54, 1.807) is 0 Å². The molecule has 0 spiro atoms. The van der Waals surface area contributed by atoms with E-state index >= 15 is 0 Å². The van der Waals surface area contributed by atoms with Crippen molar-refractivity contribution in [1.29, 1.82) is 0 Å². The van der Waals surface area contributed by atoms with Crippen LogP contribution < -0.4 is 0 Å². The van der Waals surface area contributed by atoms with Crippen LogP contribution in [0.2, 0.25) is 0 Å². The highest BCUT2D eigenvalue weighted by Gasteiger charge is 2.36. The summed E-state index contributed by atoms with van der Waals surface area (Å²) in [5, 5.41) is 8.45. The summed E-state index contributed by atoms with van der Waals surface area (Å²) in [4.78, 5) is 10.7. The van der Waals surface area contributed by atoms with Crippen molar-refractivity contribution in [3.05, 3.63) is 145 Å². The molecule has 0 fully saturated rings. The monoisotopic (exact) mass is 600 g/mol. The van der Waals surface area contributed by atoms with E-state index in [-0.39, 0.29) is 5.41 Å². The van der Waals surface area contributed by atoms with Gasteiger partial charge in [0, 0.05) is 27.0 Å². The van der Waals surface area contributed by atoms with Gasteiger partial charge < -0.3 is 0 Å². The van der Waals surface area contributed by atoms with Gasteiger partial charge in [0.2, 0.25) is 5.95 Å². The summed E-state index contributed by atoms with van der Waals surface area (Å²) in [6, 6.07) is 48.5. The van der Waals surface area contributed by atoms with E-state index < -0.39 is 0 Å². The van der Waals surface area contributed by atoms with Crippen molar-refractivity contribution in [3.8, 4) is 17.1 Å². The predicted octanol–water partition coefficient (Wildman–Crippen LogP) is 10.7. The van der Waals surface area contributed by atoms with Gasteiger partial charge in [0.1, 0.15) is 5.65 Å². The summed E-state index contributed by atoms with van der Waals surface area (Å²) in [6.07, 6.45) is 0. The van der Waals surface area contributed by atoms with Crippen molar-refractivity contribution >= 4 is 70.9 Å². The van der Waals surface area contributed by atoms with Crippen LogP contribution in [0.5, 0.6) is 0 Å². The highest BCUT2D eigenvalue weighted by Crippen LogP contribution is 2.51. The van der Waals surface area contributed by atoms with Crippen LogP contribution in [0.25, 0.3) is 88.0 Å². The van der Waals surface area contributed by atoms with Crippen LogP contribution in [0.15, 0.2) is 133 Å². The fraction of sp³-hybridized carbons (Fsp3) is 0.0698. The Morgan fingerprint density at radius 1 is 0.489 bits per heavy atom. The predicted molar refractivity (Wildman–Crippen MR) is 195 cm³/mol. The molecule has 0 N–H and O–H groups in total. The molecule has 1 aliphatic carbocycles. The maximum absolute atomic E-state index is 5.49. The molecule has 3 aromatic heterocycles. The van der Waals surface area contributed by atoms with Crippen molar-refractivity contribution in [2.75, 3.05) is 0 Å². The van der Waals surface area contributed by atoms with E-state index in [1.165, 1.54) is 60.1 Å². The van der Waals surface area contributed by atoms with Crippen molar-refractivity contribution in [3.63, 3.8) is 0 Å². The molecule has 47 heavy (non-hydrogen) atoms.